The number of carbonyl (C=O) groups is 2. The minimum absolute atomic E-state index is 0.327. The fraction of sp³-hybridized carbons (Fsp3) is 0.231. The van der Waals surface area contributed by atoms with E-state index in [1.165, 1.54) is 24.3 Å². The molecular weight excluding hydrogens is 251 g/mol. The number of halogens is 1. The molecule has 19 heavy (non-hydrogen) atoms. The molecule has 0 atom stereocenters. The highest BCUT2D eigenvalue weighted by Crippen LogP contribution is 2.24. The topological polar surface area (TPSA) is 71.3 Å². The number of nitrogens with one attached hydrogen (secondary N) is 1. The number of amides is 2. The lowest BCUT2D eigenvalue weighted by Gasteiger charge is -2.08. The molecule has 2 amide bonds. The summed E-state index contributed by atoms with van der Waals surface area (Å²) in [4.78, 5) is 23.4. The Bertz CT molecular complexity index is 661. The molecule has 0 saturated heterocycles. The van der Waals surface area contributed by atoms with Crippen LogP contribution in [0.4, 0.5) is 9.18 Å². The van der Waals surface area contributed by atoms with Gasteiger partial charge in [0.2, 0.25) is 5.91 Å². The SMILES string of the molecule is CC(C)C(=O)NC(=O)n1c(O)cc2cc(F)ccc21. The Kier molecular flexibility index (Phi) is 3.25. The minimum atomic E-state index is -0.766. The van der Waals surface area contributed by atoms with Crippen LogP contribution in [0.1, 0.15) is 13.8 Å². The maximum atomic E-state index is 13.0. The van der Waals surface area contributed by atoms with Gasteiger partial charge in [-0.3, -0.25) is 10.1 Å². The van der Waals surface area contributed by atoms with Crippen molar-refractivity contribution in [3.8, 4) is 5.88 Å². The molecule has 1 aromatic carbocycles. The standard InChI is InChI=1S/C13H13FN2O3/c1-7(2)12(18)15-13(19)16-10-4-3-9(14)5-8(10)6-11(16)17/h3-7,17H,1-2H3,(H,15,18,19). The first-order valence-corrected chi connectivity index (χ1v) is 5.75. The second-order valence-electron chi connectivity index (χ2n) is 4.49. The molecule has 2 aromatic rings. The van der Waals surface area contributed by atoms with E-state index >= 15 is 0 Å². The number of benzene rings is 1. The van der Waals surface area contributed by atoms with E-state index in [9.17, 15) is 19.1 Å². The Morgan fingerprint density at radius 3 is 2.63 bits per heavy atom. The van der Waals surface area contributed by atoms with Crippen LogP contribution < -0.4 is 5.32 Å². The van der Waals surface area contributed by atoms with E-state index in [-0.39, 0.29) is 11.8 Å². The van der Waals surface area contributed by atoms with E-state index in [4.69, 9.17) is 0 Å². The van der Waals surface area contributed by atoms with Crippen LogP contribution in [0.3, 0.4) is 0 Å². The van der Waals surface area contributed by atoms with E-state index in [1.807, 2.05) is 0 Å². The number of fused-ring (bicyclic) bond motifs is 1. The zero-order valence-corrected chi connectivity index (χ0v) is 10.5. The van der Waals surface area contributed by atoms with Crippen molar-refractivity contribution < 1.29 is 19.1 Å². The number of hydrogen-bond acceptors (Lipinski definition) is 3. The maximum absolute atomic E-state index is 13.0. The third kappa shape index (κ3) is 2.42. The van der Waals surface area contributed by atoms with E-state index in [1.54, 1.807) is 13.8 Å². The zero-order chi connectivity index (χ0) is 14.2. The average Bonchev–Trinajstić information content (AvgIpc) is 2.63. The highest BCUT2D eigenvalue weighted by Gasteiger charge is 2.18. The second-order valence-corrected chi connectivity index (χ2v) is 4.49. The zero-order valence-electron chi connectivity index (χ0n) is 10.5. The van der Waals surface area contributed by atoms with Crippen molar-refractivity contribution in [3.05, 3.63) is 30.1 Å². The van der Waals surface area contributed by atoms with E-state index < -0.39 is 17.8 Å². The smallest absolute Gasteiger partial charge is 0.335 e. The van der Waals surface area contributed by atoms with Crippen LogP contribution in [0.5, 0.6) is 5.88 Å². The van der Waals surface area contributed by atoms with Gasteiger partial charge in [0.1, 0.15) is 5.82 Å². The summed E-state index contributed by atoms with van der Waals surface area (Å²) in [6, 6.07) is 4.23. The maximum Gasteiger partial charge on any atom is 0.335 e. The Morgan fingerprint density at radius 2 is 2.00 bits per heavy atom. The first-order valence-electron chi connectivity index (χ1n) is 5.75. The monoisotopic (exact) mass is 264 g/mol. The van der Waals surface area contributed by atoms with Gasteiger partial charge in [-0.05, 0) is 18.2 Å². The van der Waals surface area contributed by atoms with Crippen molar-refractivity contribution in [2.75, 3.05) is 0 Å². The third-order valence-electron chi connectivity index (χ3n) is 2.70. The molecule has 0 spiro atoms. The number of carbonyl (C=O) groups excluding carboxylic acids is 2. The van der Waals surface area contributed by atoms with Crippen LogP contribution in [0, 0.1) is 11.7 Å². The average molecular weight is 264 g/mol. The van der Waals surface area contributed by atoms with Crippen molar-refractivity contribution in [2.24, 2.45) is 5.92 Å². The van der Waals surface area contributed by atoms with E-state index in [2.05, 4.69) is 5.32 Å². The van der Waals surface area contributed by atoms with Crippen molar-refractivity contribution in [2.45, 2.75) is 13.8 Å². The summed E-state index contributed by atoms with van der Waals surface area (Å²) in [6.45, 7) is 3.29. The van der Waals surface area contributed by atoms with E-state index in [0.717, 1.165) is 4.57 Å². The molecular formula is C13H13FN2O3. The summed E-state index contributed by atoms with van der Waals surface area (Å²) in [5.74, 6) is -1.63. The Labute approximate surface area is 108 Å². The van der Waals surface area contributed by atoms with Gasteiger partial charge in [-0.1, -0.05) is 13.8 Å². The molecule has 2 N–H and O–H groups in total. The van der Waals surface area contributed by atoms with Crippen molar-refractivity contribution in [3.63, 3.8) is 0 Å². The molecule has 1 aromatic heterocycles. The number of aromatic nitrogens is 1. The van der Waals surface area contributed by atoms with Gasteiger partial charge in [0, 0.05) is 17.4 Å². The van der Waals surface area contributed by atoms with Crippen LogP contribution in [0.2, 0.25) is 0 Å². The van der Waals surface area contributed by atoms with Crippen molar-refractivity contribution >= 4 is 22.8 Å². The summed E-state index contributed by atoms with van der Waals surface area (Å²) in [5, 5.41) is 12.3. The Hall–Kier alpha value is -2.37. The summed E-state index contributed by atoms with van der Waals surface area (Å²) in [5.41, 5.74) is 0.327. The highest BCUT2D eigenvalue weighted by molar-refractivity contribution is 6.01. The lowest BCUT2D eigenvalue weighted by Crippen LogP contribution is -2.36. The highest BCUT2D eigenvalue weighted by atomic mass is 19.1. The van der Waals surface area contributed by atoms with Gasteiger partial charge >= 0.3 is 6.03 Å². The first-order chi connectivity index (χ1) is 8.90. The van der Waals surface area contributed by atoms with Crippen LogP contribution in [-0.4, -0.2) is 21.6 Å². The van der Waals surface area contributed by atoms with Crippen molar-refractivity contribution in [1.29, 1.82) is 0 Å². The van der Waals surface area contributed by atoms with Gasteiger partial charge in [0.25, 0.3) is 0 Å². The van der Waals surface area contributed by atoms with Gasteiger partial charge in [-0.2, -0.15) is 0 Å². The predicted octanol–water partition coefficient (Wildman–Crippen LogP) is 2.23. The van der Waals surface area contributed by atoms with Gasteiger partial charge in [-0.15, -0.1) is 0 Å². The van der Waals surface area contributed by atoms with Gasteiger partial charge in [-0.25, -0.2) is 13.8 Å². The largest absolute Gasteiger partial charge is 0.494 e. The number of nitrogens with zero attached hydrogens (tertiary/aromatic N) is 1. The third-order valence-corrected chi connectivity index (χ3v) is 2.70. The fourth-order valence-electron chi connectivity index (χ4n) is 1.69. The molecule has 5 nitrogen and oxygen atoms in total. The van der Waals surface area contributed by atoms with Crippen molar-refractivity contribution in [1.82, 2.24) is 9.88 Å². The molecule has 0 aliphatic heterocycles. The van der Waals surface area contributed by atoms with Crippen LogP contribution in [0.25, 0.3) is 10.9 Å². The minimum Gasteiger partial charge on any atom is -0.494 e. The molecule has 0 bridgehead atoms. The quantitative estimate of drug-likeness (QED) is 0.829. The van der Waals surface area contributed by atoms with Gasteiger partial charge < -0.3 is 5.11 Å². The Morgan fingerprint density at radius 1 is 1.32 bits per heavy atom. The molecule has 0 saturated carbocycles. The number of rotatable bonds is 1. The lowest BCUT2D eigenvalue weighted by atomic mass is 10.2. The molecule has 2 rings (SSSR count). The molecule has 0 radical (unpaired) electrons. The first kappa shape index (κ1) is 13.1. The lowest BCUT2D eigenvalue weighted by molar-refractivity contribution is -0.122. The summed E-state index contributed by atoms with van der Waals surface area (Å²) in [7, 11) is 0. The summed E-state index contributed by atoms with van der Waals surface area (Å²) < 4.78 is 14.0. The van der Waals surface area contributed by atoms with Gasteiger partial charge in [0.15, 0.2) is 5.88 Å². The number of hydrogen-bond donors (Lipinski definition) is 2. The molecule has 100 valence electrons. The summed E-state index contributed by atoms with van der Waals surface area (Å²) >= 11 is 0. The van der Waals surface area contributed by atoms with Gasteiger partial charge in [0.05, 0.1) is 5.52 Å². The summed E-state index contributed by atoms with van der Waals surface area (Å²) in [6.07, 6.45) is 0. The number of aromatic hydroxyl groups is 1. The predicted molar refractivity (Wildman–Crippen MR) is 67.3 cm³/mol. The van der Waals surface area contributed by atoms with Crippen LogP contribution in [0.15, 0.2) is 24.3 Å². The molecule has 0 unspecified atom stereocenters. The van der Waals surface area contributed by atoms with Crippen LogP contribution >= 0.6 is 0 Å². The Balaban J connectivity index is 2.42. The molecule has 1 heterocycles. The van der Waals surface area contributed by atoms with Crippen LogP contribution in [-0.2, 0) is 4.79 Å². The fourth-order valence-corrected chi connectivity index (χ4v) is 1.69. The second kappa shape index (κ2) is 4.72. The molecule has 6 heteroatoms. The molecule has 0 fully saturated rings. The molecule has 0 aliphatic rings. The normalized spacial score (nSPS) is 10.9. The van der Waals surface area contributed by atoms with E-state index in [0.29, 0.717) is 10.9 Å². The number of imide groups is 1. The molecule has 0 aliphatic carbocycles.